The zero-order valence-electron chi connectivity index (χ0n) is 14.4. The minimum atomic E-state index is -0.563. The Morgan fingerprint density at radius 2 is 2.26 bits per heavy atom. The number of nitrogens with zero attached hydrogens (tertiary/aromatic N) is 4. The van der Waals surface area contributed by atoms with Crippen molar-refractivity contribution in [2.24, 2.45) is 4.99 Å². The number of halogens is 1. The molecule has 2 aliphatic rings. The van der Waals surface area contributed by atoms with Gasteiger partial charge in [0.1, 0.15) is 6.04 Å². The van der Waals surface area contributed by atoms with Crippen LogP contribution in [0.15, 0.2) is 46.0 Å². The largest absolute Gasteiger partial charge is 0.501 e. The Kier molecular flexibility index (Phi) is 4.81. The van der Waals surface area contributed by atoms with Crippen LogP contribution in [0, 0.1) is 10.1 Å². The summed E-state index contributed by atoms with van der Waals surface area (Å²) in [6.45, 7) is 2.13. The van der Waals surface area contributed by atoms with Crippen molar-refractivity contribution >= 4 is 38.5 Å². The molecular formula is C18H17BrN4O3S. The summed E-state index contributed by atoms with van der Waals surface area (Å²) in [6, 6.07) is 8.75. The van der Waals surface area contributed by atoms with Crippen molar-refractivity contribution in [3.05, 3.63) is 62.4 Å². The Morgan fingerprint density at radius 1 is 1.44 bits per heavy atom. The highest BCUT2D eigenvalue weighted by Crippen LogP contribution is 2.50. The number of phenolic OH excluding ortho intramolecular Hbond substituents is 1. The number of hydrogen-bond acceptors (Lipinski definition) is 7. The van der Waals surface area contributed by atoms with Gasteiger partial charge in [0.25, 0.3) is 0 Å². The quantitative estimate of drug-likeness (QED) is 0.548. The Balaban J connectivity index is 1.86. The van der Waals surface area contributed by atoms with E-state index in [0.717, 1.165) is 28.6 Å². The van der Waals surface area contributed by atoms with E-state index in [9.17, 15) is 15.2 Å². The highest BCUT2D eigenvalue weighted by atomic mass is 79.9. The van der Waals surface area contributed by atoms with E-state index in [1.165, 1.54) is 6.07 Å². The lowest BCUT2D eigenvalue weighted by molar-refractivity contribution is -0.386. The number of nitro groups is 1. The molecular weight excluding hydrogens is 432 g/mol. The van der Waals surface area contributed by atoms with Crippen molar-refractivity contribution in [3.8, 4) is 5.75 Å². The monoisotopic (exact) mass is 448 g/mol. The molecule has 1 aromatic carbocycles. The van der Waals surface area contributed by atoms with Gasteiger partial charge < -0.3 is 10.0 Å². The van der Waals surface area contributed by atoms with E-state index in [1.807, 2.05) is 18.2 Å². The summed E-state index contributed by atoms with van der Waals surface area (Å²) >= 11 is 4.98. The van der Waals surface area contributed by atoms with Crippen LogP contribution in [0.1, 0.15) is 36.7 Å². The van der Waals surface area contributed by atoms with E-state index in [1.54, 1.807) is 24.0 Å². The Bertz CT molecular complexity index is 924. The predicted octanol–water partition coefficient (Wildman–Crippen LogP) is 4.44. The van der Waals surface area contributed by atoms with Gasteiger partial charge in [0, 0.05) is 24.1 Å². The number of thioether (sulfide) groups is 1. The lowest BCUT2D eigenvalue weighted by Gasteiger charge is -2.32. The highest BCUT2D eigenvalue weighted by Gasteiger charge is 2.46. The molecule has 1 fully saturated rings. The SMILES string of the molecule is CCC1CSC2=NC(c3ccccn3)C(c3cc(Br)c(O)c([N+](=O)[O-])c3)N21. The number of aromatic nitrogens is 1. The molecule has 4 rings (SSSR count). The molecule has 2 aromatic rings. The van der Waals surface area contributed by atoms with Gasteiger partial charge >= 0.3 is 5.69 Å². The Labute approximate surface area is 168 Å². The molecule has 1 saturated heterocycles. The summed E-state index contributed by atoms with van der Waals surface area (Å²) in [5.41, 5.74) is 1.25. The number of rotatable bonds is 4. The van der Waals surface area contributed by atoms with Gasteiger partial charge in [0.2, 0.25) is 5.75 Å². The van der Waals surface area contributed by atoms with Crippen LogP contribution in [0.4, 0.5) is 5.69 Å². The summed E-state index contributed by atoms with van der Waals surface area (Å²) in [5.74, 6) is 0.586. The molecule has 0 aliphatic carbocycles. The number of pyridine rings is 1. The average Bonchev–Trinajstić information content (AvgIpc) is 3.23. The first-order valence-electron chi connectivity index (χ1n) is 8.58. The van der Waals surface area contributed by atoms with Crippen molar-refractivity contribution in [1.29, 1.82) is 0 Å². The van der Waals surface area contributed by atoms with E-state index in [-0.39, 0.29) is 23.5 Å². The van der Waals surface area contributed by atoms with Gasteiger partial charge in [-0.15, -0.1) is 0 Å². The Morgan fingerprint density at radius 3 is 2.93 bits per heavy atom. The van der Waals surface area contributed by atoms with Crippen LogP contribution in [0.5, 0.6) is 5.75 Å². The van der Waals surface area contributed by atoms with E-state index in [2.05, 4.69) is 32.7 Å². The molecule has 1 aromatic heterocycles. The maximum atomic E-state index is 11.4. The number of hydrogen-bond donors (Lipinski definition) is 1. The molecule has 0 bridgehead atoms. The predicted molar refractivity (Wildman–Crippen MR) is 108 cm³/mol. The van der Waals surface area contributed by atoms with Gasteiger partial charge in [0.15, 0.2) is 5.17 Å². The highest BCUT2D eigenvalue weighted by molar-refractivity contribution is 9.10. The normalized spacial score (nSPS) is 24.0. The second-order valence-corrected chi connectivity index (χ2v) is 8.31. The molecule has 3 unspecified atom stereocenters. The van der Waals surface area contributed by atoms with Crippen molar-refractivity contribution in [2.75, 3.05) is 5.75 Å². The fourth-order valence-electron chi connectivity index (χ4n) is 3.62. The van der Waals surface area contributed by atoms with Crippen molar-refractivity contribution < 1.29 is 10.0 Å². The summed E-state index contributed by atoms with van der Waals surface area (Å²) in [6.07, 6.45) is 2.69. The van der Waals surface area contributed by atoms with Crippen LogP contribution < -0.4 is 0 Å². The molecule has 0 radical (unpaired) electrons. The summed E-state index contributed by atoms with van der Waals surface area (Å²) in [7, 11) is 0. The maximum absolute atomic E-state index is 11.4. The fraction of sp³-hybridized carbons (Fsp3) is 0.333. The van der Waals surface area contributed by atoms with E-state index < -0.39 is 4.92 Å². The van der Waals surface area contributed by atoms with Crippen molar-refractivity contribution in [2.45, 2.75) is 31.5 Å². The van der Waals surface area contributed by atoms with Crippen molar-refractivity contribution in [1.82, 2.24) is 9.88 Å². The summed E-state index contributed by atoms with van der Waals surface area (Å²) in [4.78, 5) is 22.5. The van der Waals surface area contributed by atoms with E-state index >= 15 is 0 Å². The molecule has 2 aliphatic heterocycles. The smallest absolute Gasteiger partial charge is 0.312 e. The molecule has 0 saturated carbocycles. The van der Waals surface area contributed by atoms with Crippen LogP contribution in [-0.4, -0.2) is 36.9 Å². The van der Waals surface area contributed by atoms with Crippen LogP contribution in [0.2, 0.25) is 0 Å². The van der Waals surface area contributed by atoms with Gasteiger partial charge in [0.05, 0.1) is 21.1 Å². The number of nitro benzene ring substituents is 1. The van der Waals surface area contributed by atoms with Gasteiger partial charge in [-0.1, -0.05) is 24.8 Å². The van der Waals surface area contributed by atoms with Crippen molar-refractivity contribution in [3.63, 3.8) is 0 Å². The maximum Gasteiger partial charge on any atom is 0.312 e. The minimum absolute atomic E-state index is 0.203. The third kappa shape index (κ3) is 3.08. The van der Waals surface area contributed by atoms with Crippen LogP contribution >= 0.6 is 27.7 Å². The second-order valence-electron chi connectivity index (χ2n) is 6.46. The molecule has 3 atom stereocenters. The third-order valence-corrected chi connectivity index (χ3v) is 6.66. The van der Waals surface area contributed by atoms with Gasteiger partial charge in [-0.25, -0.2) is 0 Å². The van der Waals surface area contributed by atoms with E-state index in [0.29, 0.717) is 10.5 Å². The first-order chi connectivity index (χ1) is 13.0. The van der Waals surface area contributed by atoms with E-state index in [4.69, 9.17) is 4.99 Å². The lowest BCUT2D eigenvalue weighted by atomic mass is 9.94. The zero-order chi connectivity index (χ0) is 19.1. The minimum Gasteiger partial charge on any atom is -0.501 e. The molecule has 3 heterocycles. The molecule has 27 heavy (non-hydrogen) atoms. The molecule has 9 heteroatoms. The number of amidine groups is 1. The molecule has 0 spiro atoms. The second kappa shape index (κ2) is 7.12. The van der Waals surface area contributed by atoms with Crippen LogP contribution in [0.25, 0.3) is 0 Å². The number of aromatic hydroxyl groups is 1. The molecule has 7 nitrogen and oxygen atoms in total. The van der Waals surface area contributed by atoms with Gasteiger partial charge in [-0.3, -0.25) is 20.1 Å². The molecule has 0 amide bonds. The fourth-order valence-corrected chi connectivity index (χ4v) is 5.43. The Hall–Kier alpha value is -2.13. The first kappa shape index (κ1) is 18.2. The topological polar surface area (TPSA) is 91.9 Å². The molecule has 140 valence electrons. The van der Waals surface area contributed by atoms with Crippen LogP contribution in [-0.2, 0) is 0 Å². The summed E-state index contributed by atoms with van der Waals surface area (Å²) in [5, 5.41) is 22.4. The number of fused-ring (bicyclic) bond motifs is 1. The van der Waals surface area contributed by atoms with Crippen LogP contribution in [0.3, 0.4) is 0 Å². The number of aliphatic imine (C=N–C) groups is 1. The lowest BCUT2D eigenvalue weighted by Crippen LogP contribution is -2.35. The van der Waals surface area contributed by atoms with Gasteiger partial charge in [-0.05, 0) is 46.1 Å². The molecule has 1 N–H and O–H groups in total. The van der Waals surface area contributed by atoms with Gasteiger partial charge in [-0.2, -0.15) is 0 Å². The number of benzene rings is 1. The standard InChI is InChI=1S/C18H17BrN4O3S/c1-2-11-9-27-18-21-15(13-5-3-4-6-20-13)16(22(11)18)10-7-12(19)17(24)14(8-10)23(25)26/h3-8,11,15-16,24H,2,9H2,1H3. The zero-order valence-corrected chi connectivity index (χ0v) is 16.9. The average molecular weight is 449 g/mol. The number of phenols is 1. The third-order valence-electron chi connectivity index (χ3n) is 4.93. The summed E-state index contributed by atoms with van der Waals surface area (Å²) < 4.78 is 0.305. The first-order valence-corrected chi connectivity index (χ1v) is 10.4.